The van der Waals surface area contributed by atoms with Gasteiger partial charge < -0.3 is 5.32 Å². The van der Waals surface area contributed by atoms with E-state index in [1.54, 1.807) is 6.07 Å². The highest BCUT2D eigenvalue weighted by Gasteiger charge is 2.18. The maximum atomic E-state index is 13.5. The van der Waals surface area contributed by atoms with Crippen molar-refractivity contribution in [1.29, 1.82) is 0 Å². The number of nitro groups is 1. The van der Waals surface area contributed by atoms with E-state index in [1.807, 2.05) is 0 Å². The number of hydrogen-bond acceptors (Lipinski definition) is 3. The molecule has 1 N–H and O–H groups in total. The molecule has 0 aromatic heterocycles. The molecule has 116 valence electrons. The van der Waals surface area contributed by atoms with Crippen LogP contribution in [0.15, 0.2) is 18.2 Å². The van der Waals surface area contributed by atoms with E-state index in [0.29, 0.717) is 6.54 Å². The Morgan fingerprint density at radius 3 is 2.90 bits per heavy atom. The topological polar surface area (TPSA) is 55.2 Å². The Morgan fingerprint density at radius 2 is 2.24 bits per heavy atom. The van der Waals surface area contributed by atoms with Crippen LogP contribution in [0, 0.1) is 27.8 Å². The summed E-state index contributed by atoms with van der Waals surface area (Å²) in [5.41, 5.74) is 0.282. The third kappa shape index (κ3) is 4.77. The molecule has 0 radical (unpaired) electrons. The Hall–Kier alpha value is -1.49. The lowest BCUT2D eigenvalue weighted by Crippen LogP contribution is -2.21. The van der Waals surface area contributed by atoms with Crippen LogP contribution < -0.4 is 5.32 Å². The molecule has 0 saturated heterocycles. The molecule has 2 rings (SSSR count). The normalized spacial score (nSPS) is 22.2. The first-order valence-electron chi connectivity index (χ1n) is 7.70. The fourth-order valence-electron chi connectivity index (χ4n) is 3.17. The number of nitro benzene ring substituents is 1. The highest BCUT2D eigenvalue weighted by molar-refractivity contribution is 5.34. The lowest BCUT2D eigenvalue weighted by Gasteiger charge is -2.26. The molecule has 0 spiro atoms. The second-order valence-corrected chi connectivity index (χ2v) is 6.15. The van der Waals surface area contributed by atoms with Crippen molar-refractivity contribution in [1.82, 2.24) is 5.32 Å². The van der Waals surface area contributed by atoms with Gasteiger partial charge in [0.1, 0.15) is 0 Å². The lowest BCUT2D eigenvalue weighted by molar-refractivity contribution is -0.387. The van der Waals surface area contributed by atoms with E-state index in [2.05, 4.69) is 12.2 Å². The molecule has 0 aliphatic heterocycles. The minimum Gasteiger partial charge on any atom is -0.313 e. The minimum absolute atomic E-state index is 0.463. The Kier molecular flexibility index (Phi) is 5.67. The molecular formula is C16H23FN2O2. The number of rotatable bonds is 6. The standard InChI is InChI=1S/C16H23FN2O2/c1-12-3-2-4-13(9-12)7-8-18-11-14-5-6-16(19(20)21)15(17)10-14/h5-6,10,12-13,18H,2-4,7-9,11H2,1H3. The Labute approximate surface area is 124 Å². The monoisotopic (exact) mass is 294 g/mol. The highest BCUT2D eigenvalue weighted by atomic mass is 19.1. The third-order valence-corrected chi connectivity index (χ3v) is 4.31. The van der Waals surface area contributed by atoms with Crippen molar-refractivity contribution in [2.75, 3.05) is 6.54 Å². The zero-order valence-electron chi connectivity index (χ0n) is 12.5. The van der Waals surface area contributed by atoms with Gasteiger partial charge in [-0.1, -0.05) is 32.3 Å². The second-order valence-electron chi connectivity index (χ2n) is 6.15. The number of hydrogen-bond donors (Lipinski definition) is 1. The van der Waals surface area contributed by atoms with E-state index in [9.17, 15) is 14.5 Å². The van der Waals surface area contributed by atoms with E-state index in [4.69, 9.17) is 0 Å². The molecule has 0 bridgehead atoms. The van der Waals surface area contributed by atoms with Crippen molar-refractivity contribution in [3.05, 3.63) is 39.7 Å². The van der Waals surface area contributed by atoms with Crippen molar-refractivity contribution >= 4 is 5.69 Å². The molecule has 0 heterocycles. The quantitative estimate of drug-likeness (QED) is 0.489. The average molecular weight is 294 g/mol. The van der Waals surface area contributed by atoms with E-state index in [1.165, 1.54) is 37.8 Å². The first kappa shape index (κ1) is 15.9. The van der Waals surface area contributed by atoms with Gasteiger partial charge in [0, 0.05) is 12.6 Å². The summed E-state index contributed by atoms with van der Waals surface area (Å²) in [6.07, 6.45) is 6.47. The van der Waals surface area contributed by atoms with Gasteiger partial charge in [-0.15, -0.1) is 0 Å². The van der Waals surface area contributed by atoms with Gasteiger partial charge in [0.15, 0.2) is 0 Å². The first-order valence-corrected chi connectivity index (χ1v) is 7.70. The smallest absolute Gasteiger partial charge is 0.304 e. The van der Waals surface area contributed by atoms with Crippen LogP contribution in [0.5, 0.6) is 0 Å². The van der Waals surface area contributed by atoms with Gasteiger partial charge in [0.2, 0.25) is 5.82 Å². The first-order chi connectivity index (χ1) is 10.1. The number of benzene rings is 1. The van der Waals surface area contributed by atoms with Gasteiger partial charge in [-0.2, -0.15) is 4.39 Å². The summed E-state index contributed by atoms with van der Waals surface area (Å²) >= 11 is 0. The molecule has 0 amide bonds. The molecule has 1 fully saturated rings. The molecular weight excluding hydrogens is 271 g/mol. The lowest BCUT2D eigenvalue weighted by atomic mass is 9.81. The Balaban J connectivity index is 1.73. The predicted octanol–water partition coefficient (Wildman–Crippen LogP) is 4.04. The zero-order valence-corrected chi connectivity index (χ0v) is 12.5. The van der Waals surface area contributed by atoms with Gasteiger partial charge in [0.25, 0.3) is 0 Å². The van der Waals surface area contributed by atoms with Crippen molar-refractivity contribution in [3.8, 4) is 0 Å². The number of halogens is 1. The zero-order chi connectivity index (χ0) is 15.2. The largest absolute Gasteiger partial charge is 0.313 e. The van der Waals surface area contributed by atoms with Crippen molar-refractivity contribution < 1.29 is 9.31 Å². The summed E-state index contributed by atoms with van der Waals surface area (Å²) in [7, 11) is 0. The molecule has 1 aliphatic rings. The van der Waals surface area contributed by atoms with Crippen LogP contribution in [0.4, 0.5) is 10.1 Å². The van der Waals surface area contributed by atoms with Gasteiger partial charge in [0.05, 0.1) is 4.92 Å². The van der Waals surface area contributed by atoms with Crippen LogP contribution in [0.2, 0.25) is 0 Å². The third-order valence-electron chi connectivity index (χ3n) is 4.31. The van der Waals surface area contributed by atoms with E-state index >= 15 is 0 Å². The SMILES string of the molecule is CC1CCCC(CCNCc2ccc([N+](=O)[O-])c(F)c2)C1. The molecule has 2 unspecified atom stereocenters. The van der Waals surface area contributed by atoms with Crippen LogP contribution in [0.3, 0.4) is 0 Å². The molecule has 21 heavy (non-hydrogen) atoms. The van der Waals surface area contributed by atoms with E-state index in [-0.39, 0.29) is 0 Å². The van der Waals surface area contributed by atoms with Crippen molar-refractivity contribution in [2.45, 2.75) is 45.6 Å². The Bertz CT molecular complexity index is 493. The van der Waals surface area contributed by atoms with Gasteiger partial charge in [-0.3, -0.25) is 10.1 Å². The summed E-state index contributed by atoms with van der Waals surface area (Å²) < 4.78 is 13.5. The van der Waals surface area contributed by atoms with E-state index in [0.717, 1.165) is 30.4 Å². The van der Waals surface area contributed by atoms with Gasteiger partial charge in [-0.05, 0) is 42.9 Å². The fraction of sp³-hybridized carbons (Fsp3) is 0.625. The molecule has 2 atom stereocenters. The van der Waals surface area contributed by atoms with Crippen LogP contribution in [0.25, 0.3) is 0 Å². The molecule has 1 aromatic rings. The number of nitrogens with zero attached hydrogens (tertiary/aromatic N) is 1. The molecule has 1 saturated carbocycles. The summed E-state index contributed by atoms with van der Waals surface area (Å²) in [5.74, 6) is 0.878. The highest BCUT2D eigenvalue weighted by Crippen LogP contribution is 2.30. The van der Waals surface area contributed by atoms with Crippen LogP contribution >= 0.6 is 0 Å². The minimum atomic E-state index is -0.764. The van der Waals surface area contributed by atoms with Crippen LogP contribution in [0.1, 0.15) is 44.6 Å². The summed E-state index contributed by atoms with van der Waals surface area (Å²) in [6.45, 7) is 3.78. The van der Waals surface area contributed by atoms with Crippen LogP contribution in [-0.2, 0) is 6.54 Å². The summed E-state index contributed by atoms with van der Waals surface area (Å²) in [6, 6.07) is 4.08. The molecule has 1 aliphatic carbocycles. The molecule has 5 heteroatoms. The predicted molar refractivity (Wildman–Crippen MR) is 80.5 cm³/mol. The summed E-state index contributed by atoms with van der Waals surface area (Å²) in [4.78, 5) is 9.85. The van der Waals surface area contributed by atoms with Gasteiger partial charge in [-0.25, -0.2) is 0 Å². The number of nitrogens with one attached hydrogen (secondary N) is 1. The Morgan fingerprint density at radius 1 is 1.43 bits per heavy atom. The summed E-state index contributed by atoms with van der Waals surface area (Å²) in [5, 5.41) is 13.8. The maximum absolute atomic E-state index is 13.5. The second kappa shape index (κ2) is 7.50. The fourth-order valence-corrected chi connectivity index (χ4v) is 3.17. The van der Waals surface area contributed by atoms with Crippen molar-refractivity contribution in [3.63, 3.8) is 0 Å². The van der Waals surface area contributed by atoms with E-state index < -0.39 is 16.4 Å². The van der Waals surface area contributed by atoms with Gasteiger partial charge >= 0.3 is 5.69 Å². The molecule has 1 aromatic carbocycles. The van der Waals surface area contributed by atoms with Crippen LogP contribution in [-0.4, -0.2) is 11.5 Å². The molecule has 4 nitrogen and oxygen atoms in total. The maximum Gasteiger partial charge on any atom is 0.304 e. The van der Waals surface area contributed by atoms with Crippen molar-refractivity contribution in [2.24, 2.45) is 11.8 Å². The average Bonchev–Trinajstić information content (AvgIpc) is 2.43.